The van der Waals surface area contributed by atoms with Crippen molar-refractivity contribution in [2.75, 3.05) is 65.6 Å². The number of nitrogens with one attached hydrogen (secondary N) is 1. The Bertz CT molecular complexity index is 1340. The number of benzene rings is 1. The number of hydrogen-bond donors (Lipinski definition) is 1. The number of alkyl halides is 6. The molecule has 1 aromatic carbocycles. The number of carbonyl (C=O) groups excluding carboxylic acids is 1. The number of fused-ring (bicyclic) bond motifs is 5. The highest BCUT2D eigenvalue weighted by Crippen LogP contribution is 2.62. The zero-order chi connectivity index (χ0) is 37.9. The van der Waals surface area contributed by atoms with E-state index in [-0.39, 0.29) is 37.4 Å². The van der Waals surface area contributed by atoms with Crippen LogP contribution in [0.3, 0.4) is 0 Å². The number of hydrogen-bond acceptors (Lipinski definition) is 8. The molecule has 7 atom stereocenters. The van der Waals surface area contributed by atoms with Gasteiger partial charge in [-0.15, -0.1) is 0 Å². The molecule has 0 spiro atoms. The first kappa shape index (κ1) is 41.8. The number of halogens is 6. The third kappa shape index (κ3) is 9.17. The van der Waals surface area contributed by atoms with E-state index in [0.717, 1.165) is 75.2 Å². The molecule has 0 aromatic heterocycles. The average molecular weight is 784 g/mol. The summed E-state index contributed by atoms with van der Waals surface area (Å²) < 4.78 is 95.0. The van der Waals surface area contributed by atoms with Crippen LogP contribution in [0.25, 0.3) is 0 Å². The van der Waals surface area contributed by atoms with Crippen molar-refractivity contribution in [3.05, 3.63) is 29.3 Å². The Morgan fingerprint density at radius 3 is 2.48 bits per heavy atom. The summed E-state index contributed by atoms with van der Waals surface area (Å²) in [5, 5.41) is 3.52. The van der Waals surface area contributed by atoms with Gasteiger partial charge in [-0.05, 0) is 112 Å². The summed E-state index contributed by atoms with van der Waals surface area (Å²) in [6.07, 6.45) is -2.83. The fraction of sp³-hybridized carbons (Fsp3) is 0.811. The fourth-order valence-corrected chi connectivity index (χ4v) is 11.5. The summed E-state index contributed by atoms with van der Waals surface area (Å²) in [6.45, 7) is 2.72. The largest absolute Gasteiger partial charge is 0.494 e. The van der Waals surface area contributed by atoms with Crippen molar-refractivity contribution < 1.29 is 45.3 Å². The number of likely N-dealkylation sites (N-methyl/N-ethyl adjacent to an activating group) is 2. The molecular weight excluding hydrogens is 729 g/mol. The normalized spacial score (nSPS) is 29.2. The molecule has 15 heteroatoms. The van der Waals surface area contributed by atoms with Crippen LogP contribution in [0.4, 0.5) is 26.3 Å². The van der Waals surface area contributed by atoms with Crippen LogP contribution in [0.5, 0.6) is 5.75 Å². The number of amides is 1. The minimum absolute atomic E-state index is 0.00875. The standard InChI is InChI=1S/C37H55F6N3O4S2/c1-34-14-13-29-28-10-8-26(49-16-6-18-51-52-23-25-20-27(48-5)21-44-25)19-24(28)7-9-30(29)31(34)11-12-32(34)46(4)33(47)22-45(3)15-17-50-35(2,36(38,39)40)37(41,42)43/h8,10,19,25,27,29-32,44H,6-7,9,11-18,20-23H2,1-5H3/t25-,27+,29?,30?,31?,32+,34+/m1/s1. The van der Waals surface area contributed by atoms with E-state index in [2.05, 4.69) is 35.2 Å². The SMILES string of the molecule is CO[C@@H]1CN[C@@H](CSSCCCOc2ccc3c(c2)CCC2C3CC[C@@]3(C)C2CC[C@@H]3N(C)C(=O)CN(C)CCOC(C)(C(F)(F)F)C(F)(F)F)C1. The first-order valence-corrected chi connectivity index (χ1v) is 20.9. The maximum atomic E-state index is 13.4. The van der Waals surface area contributed by atoms with Crippen LogP contribution in [-0.4, -0.2) is 117 Å². The van der Waals surface area contributed by atoms with E-state index in [1.807, 2.05) is 21.6 Å². The van der Waals surface area contributed by atoms with Gasteiger partial charge in [0.1, 0.15) is 5.75 Å². The molecule has 7 nitrogen and oxygen atoms in total. The monoisotopic (exact) mass is 783 g/mol. The van der Waals surface area contributed by atoms with Gasteiger partial charge < -0.3 is 24.4 Å². The van der Waals surface area contributed by atoms with Crippen LogP contribution in [0.15, 0.2) is 18.2 Å². The Morgan fingerprint density at radius 2 is 1.79 bits per heavy atom. The molecule has 5 rings (SSSR count). The minimum atomic E-state index is -5.62. The van der Waals surface area contributed by atoms with Crippen LogP contribution in [0, 0.1) is 17.3 Å². The number of aryl methyl sites for hydroxylation is 1. The summed E-state index contributed by atoms with van der Waals surface area (Å²) in [5.74, 6) is 4.32. The van der Waals surface area contributed by atoms with Crippen LogP contribution in [0.2, 0.25) is 0 Å². The van der Waals surface area contributed by atoms with Crippen LogP contribution >= 0.6 is 21.6 Å². The smallest absolute Gasteiger partial charge is 0.426 e. The maximum absolute atomic E-state index is 13.4. The lowest BCUT2D eigenvalue weighted by molar-refractivity contribution is -0.374. The van der Waals surface area contributed by atoms with Gasteiger partial charge in [0.25, 0.3) is 5.60 Å². The van der Waals surface area contributed by atoms with Crippen molar-refractivity contribution >= 4 is 27.5 Å². The second kappa shape index (κ2) is 17.2. The molecule has 0 bridgehead atoms. The molecular formula is C37H55F6N3O4S2. The van der Waals surface area contributed by atoms with E-state index in [1.54, 1.807) is 19.1 Å². The Kier molecular flexibility index (Phi) is 13.8. The molecule has 3 fully saturated rings. The number of methoxy groups -OCH3 is 1. The van der Waals surface area contributed by atoms with Gasteiger partial charge >= 0.3 is 12.4 Å². The number of rotatable bonds is 16. The second-order valence-corrected chi connectivity index (χ2v) is 18.2. The molecule has 296 valence electrons. The van der Waals surface area contributed by atoms with Gasteiger partial charge in [0.2, 0.25) is 5.91 Å². The zero-order valence-corrected chi connectivity index (χ0v) is 32.5. The van der Waals surface area contributed by atoms with Crippen LogP contribution in [-0.2, 0) is 20.7 Å². The molecule has 52 heavy (non-hydrogen) atoms. The van der Waals surface area contributed by atoms with E-state index in [4.69, 9.17) is 9.47 Å². The highest BCUT2D eigenvalue weighted by Gasteiger charge is 2.69. The van der Waals surface area contributed by atoms with Gasteiger partial charge in [0.05, 0.1) is 25.9 Å². The van der Waals surface area contributed by atoms with Gasteiger partial charge in [-0.25, -0.2) is 0 Å². The van der Waals surface area contributed by atoms with Gasteiger partial charge in [0.15, 0.2) is 0 Å². The van der Waals surface area contributed by atoms with E-state index < -0.39 is 24.6 Å². The summed E-state index contributed by atoms with van der Waals surface area (Å²) in [7, 11) is 8.87. The highest BCUT2D eigenvalue weighted by atomic mass is 33.1. The molecule has 1 N–H and O–H groups in total. The molecule has 1 amide bonds. The summed E-state index contributed by atoms with van der Waals surface area (Å²) in [4.78, 5) is 16.6. The van der Waals surface area contributed by atoms with E-state index in [1.165, 1.54) is 23.1 Å². The topological polar surface area (TPSA) is 63.3 Å². The predicted molar refractivity (Wildman–Crippen MR) is 194 cm³/mol. The zero-order valence-electron chi connectivity index (χ0n) is 30.9. The lowest BCUT2D eigenvalue weighted by Crippen LogP contribution is -2.57. The Labute approximate surface area is 312 Å². The summed E-state index contributed by atoms with van der Waals surface area (Å²) in [5.41, 5.74) is -1.53. The van der Waals surface area contributed by atoms with Gasteiger partial charge in [-0.3, -0.25) is 9.69 Å². The van der Waals surface area contributed by atoms with E-state index in [9.17, 15) is 31.1 Å². The fourth-order valence-electron chi connectivity index (χ4n) is 9.17. The summed E-state index contributed by atoms with van der Waals surface area (Å²) in [6, 6.07) is 7.16. The lowest BCUT2D eigenvalue weighted by Gasteiger charge is -2.52. The van der Waals surface area contributed by atoms with Gasteiger partial charge in [0, 0.05) is 50.8 Å². The third-order valence-electron chi connectivity index (χ3n) is 12.4. The van der Waals surface area contributed by atoms with E-state index in [0.29, 0.717) is 36.5 Å². The molecule has 4 aliphatic rings. The third-order valence-corrected chi connectivity index (χ3v) is 14.9. The van der Waals surface area contributed by atoms with Gasteiger partial charge in [-0.1, -0.05) is 34.6 Å². The number of nitrogens with zero attached hydrogens (tertiary/aromatic N) is 2. The molecule has 3 unspecified atom stereocenters. The molecule has 1 aromatic rings. The van der Waals surface area contributed by atoms with Crippen molar-refractivity contribution in [2.45, 2.75) is 107 Å². The Morgan fingerprint density at radius 1 is 1.04 bits per heavy atom. The van der Waals surface area contributed by atoms with Crippen molar-refractivity contribution in [2.24, 2.45) is 17.3 Å². The van der Waals surface area contributed by atoms with Crippen molar-refractivity contribution in [3.63, 3.8) is 0 Å². The summed E-state index contributed by atoms with van der Waals surface area (Å²) >= 11 is 0. The Balaban J connectivity index is 1.07. The number of ether oxygens (including phenoxy) is 3. The molecule has 1 saturated heterocycles. The first-order chi connectivity index (χ1) is 24.5. The first-order valence-electron chi connectivity index (χ1n) is 18.5. The highest BCUT2D eigenvalue weighted by molar-refractivity contribution is 8.76. The molecule has 0 radical (unpaired) electrons. The minimum Gasteiger partial charge on any atom is -0.494 e. The van der Waals surface area contributed by atoms with Crippen molar-refractivity contribution in [1.82, 2.24) is 15.1 Å². The molecule has 2 saturated carbocycles. The molecule has 1 heterocycles. The average Bonchev–Trinajstić information content (AvgIpc) is 3.70. The Hall–Kier alpha value is -1.39. The molecule has 1 aliphatic heterocycles. The predicted octanol–water partition coefficient (Wildman–Crippen LogP) is 7.73. The van der Waals surface area contributed by atoms with Crippen LogP contribution < -0.4 is 10.1 Å². The van der Waals surface area contributed by atoms with Gasteiger partial charge in [-0.2, -0.15) is 26.3 Å². The van der Waals surface area contributed by atoms with E-state index >= 15 is 0 Å². The lowest BCUT2D eigenvalue weighted by atomic mass is 9.55. The van der Waals surface area contributed by atoms with Crippen molar-refractivity contribution in [3.8, 4) is 5.75 Å². The van der Waals surface area contributed by atoms with Crippen LogP contribution in [0.1, 0.15) is 75.8 Å². The maximum Gasteiger partial charge on any atom is 0.426 e. The number of carbonyl (C=O) groups is 1. The molecule has 3 aliphatic carbocycles. The van der Waals surface area contributed by atoms with Crippen molar-refractivity contribution in [1.29, 1.82) is 0 Å². The second-order valence-electron chi connectivity index (χ2n) is 15.5. The quantitative estimate of drug-likeness (QED) is 0.104.